The van der Waals surface area contributed by atoms with Crippen molar-refractivity contribution in [2.24, 2.45) is 10.9 Å². The van der Waals surface area contributed by atoms with Crippen molar-refractivity contribution in [2.45, 2.75) is 12.1 Å². The molecule has 30 heavy (non-hydrogen) atoms. The van der Waals surface area contributed by atoms with E-state index in [1.165, 1.54) is 5.38 Å². The molecule has 1 aromatic rings. The molecule has 0 unspecified atom stereocenters. The second kappa shape index (κ2) is 9.24. The van der Waals surface area contributed by atoms with Crippen LogP contribution in [0.1, 0.15) is 5.69 Å². The van der Waals surface area contributed by atoms with Gasteiger partial charge in [-0.2, -0.15) is 8.42 Å². The summed E-state index contributed by atoms with van der Waals surface area (Å²) in [6, 6.07) is -2.79. The SMILES string of the molecule is NC(=O)SC[C@@H]1[C@H](NC(=O)/C(=N/OCC(=O)O)c2csc(N)n2)C(=O)N1S(=O)(=O)O. The quantitative estimate of drug-likeness (QED) is 0.109. The van der Waals surface area contributed by atoms with Crippen molar-refractivity contribution in [3.8, 4) is 0 Å². The second-order valence-electron chi connectivity index (χ2n) is 5.44. The number of rotatable bonds is 9. The highest BCUT2D eigenvalue weighted by Crippen LogP contribution is 2.27. The highest BCUT2D eigenvalue weighted by atomic mass is 32.2. The number of carbonyl (C=O) groups is 4. The molecule has 0 saturated carbocycles. The molecule has 0 radical (unpaired) electrons. The molecule has 1 aliphatic rings. The van der Waals surface area contributed by atoms with Crippen molar-refractivity contribution < 1.29 is 42.1 Å². The van der Waals surface area contributed by atoms with Crippen LogP contribution in [0.25, 0.3) is 0 Å². The summed E-state index contributed by atoms with van der Waals surface area (Å²) in [6.45, 7) is -0.882. The first-order valence-corrected chi connectivity index (χ1v) is 10.8. The maximum atomic E-state index is 12.6. The largest absolute Gasteiger partial charge is 0.479 e. The molecular weight excluding hydrogens is 468 g/mol. The topological polar surface area (TPSA) is 245 Å². The van der Waals surface area contributed by atoms with Crippen molar-refractivity contribution in [1.29, 1.82) is 0 Å². The third-order valence-corrected chi connectivity index (χ3v) is 5.84. The van der Waals surface area contributed by atoms with Gasteiger partial charge in [0, 0.05) is 11.1 Å². The Morgan fingerprint density at radius 2 is 2.10 bits per heavy atom. The van der Waals surface area contributed by atoms with E-state index >= 15 is 0 Å². The minimum Gasteiger partial charge on any atom is -0.479 e. The first kappa shape index (κ1) is 23.3. The highest BCUT2D eigenvalue weighted by Gasteiger charge is 2.54. The molecule has 2 rings (SSSR count). The zero-order valence-electron chi connectivity index (χ0n) is 14.6. The highest BCUT2D eigenvalue weighted by molar-refractivity contribution is 8.13. The van der Waals surface area contributed by atoms with E-state index in [1.54, 1.807) is 0 Å². The number of aromatic nitrogens is 1. The number of aliphatic carboxylic acids is 1. The number of thioether (sulfide) groups is 1. The molecule has 18 heteroatoms. The monoisotopic (exact) mass is 482 g/mol. The van der Waals surface area contributed by atoms with Crippen molar-refractivity contribution in [3.63, 3.8) is 0 Å². The number of amides is 3. The third-order valence-electron chi connectivity index (χ3n) is 3.42. The summed E-state index contributed by atoms with van der Waals surface area (Å²) in [5.41, 5.74) is 9.84. The number of anilines is 1. The van der Waals surface area contributed by atoms with E-state index in [9.17, 15) is 32.1 Å². The van der Waals surface area contributed by atoms with Gasteiger partial charge in [-0.25, -0.2) is 14.1 Å². The summed E-state index contributed by atoms with van der Waals surface area (Å²) < 4.78 is 32.0. The van der Waals surface area contributed by atoms with Gasteiger partial charge in [0.15, 0.2) is 10.8 Å². The van der Waals surface area contributed by atoms with Gasteiger partial charge in [0.25, 0.3) is 17.1 Å². The molecule has 2 atom stereocenters. The van der Waals surface area contributed by atoms with Crippen molar-refractivity contribution in [3.05, 3.63) is 11.1 Å². The van der Waals surface area contributed by atoms with E-state index in [2.05, 4.69) is 20.3 Å². The van der Waals surface area contributed by atoms with E-state index in [1.807, 2.05) is 0 Å². The fourth-order valence-corrected chi connectivity index (χ4v) is 4.45. The molecule has 0 aliphatic carbocycles. The Morgan fingerprint density at radius 3 is 2.60 bits per heavy atom. The molecule has 1 fully saturated rings. The van der Waals surface area contributed by atoms with E-state index < -0.39 is 57.7 Å². The van der Waals surface area contributed by atoms with E-state index in [0.717, 1.165) is 11.3 Å². The predicted octanol–water partition coefficient (Wildman–Crippen LogP) is -2.16. The number of nitrogens with one attached hydrogen (secondary N) is 1. The number of carbonyl (C=O) groups excluding carboxylic acids is 3. The van der Waals surface area contributed by atoms with Gasteiger partial charge < -0.3 is 26.7 Å². The van der Waals surface area contributed by atoms with Crippen molar-refractivity contribution >= 4 is 67.3 Å². The van der Waals surface area contributed by atoms with Gasteiger partial charge in [0.05, 0.1) is 6.04 Å². The lowest BCUT2D eigenvalue weighted by molar-refractivity contribution is -0.143. The number of nitrogen functional groups attached to an aromatic ring is 1. The Kier molecular flexibility index (Phi) is 7.18. The van der Waals surface area contributed by atoms with Gasteiger partial charge >= 0.3 is 16.3 Å². The van der Waals surface area contributed by atoms with Crippen molar-refractivity contribution in [2.75, 3.05) is 18.1 Å². The number of carboxylic acid groups (broad SMARTS) is 1. The molecule has 7 N–H and O–H groups in total. The second-order valence-corrected chi connectivity index (χ2v) is 8.64. The number of β-lactam (4-membered cyclic amide) rings is 1. The number of primary amides is 1. The lowest BCUT2D eigenvalue weighted by Gasteiger charge is -2.43. The Hall–Kier alpha value is -2.96. The number of hydrogen-bond donors (Lipinski definition) is 5. The summed E-state index contributed by atoms with van der Waals surface area (Å²) in [4.78, 5) is 54.6. The van der Waals surface area contributed by atoms with Crippen LogP contribution in [-0.4, -0.2) is 80.5 Å². The first-order valence-electron chi connectivity index (χ1n) is 7.58. The number of carboxylic acids is 1. The van der Waals surface area contributed by atoms with Gasteiger partial charge in [-0.1, -0.05) is 16.9 Å². The standard InChI is InChI=1S/C12H14N6O9S3/c13-11-15-4(2-28-11)7(17-27-1-6(19)20)9(21)16-8-5(3-29-12(14)23)18(10(8)22)30(24,25)26/h2,5,8H,1,3H2,(H2,13,15)(H2,14,23)(H,16,21)(H,19,20)(H,24,25,26)/b17-7+/t5-,8+/m1/s1. The molecule has 2 heterocycles. The van der Waals surface area contributed by atoms with Crippen molar-refractivity contribution in [1.82, 2.24) is 14.6 Å². The summed E-state index contributed by atoms with van der Waals surface area (Å²) >= 11 is 1.40. The van der Waals surface area contributed by atoms with Crippen LogP contribution < -0.4 is 16.8 Å². The average Bonchev–Trinajstić information content (AvgIpc) is 3.04. The smallest absolute Gasteiger partial charge is 0.362 e. The fourth-order valence-electron chi connectivity index (χ4n) is 2.26. The van der Waals surface area contributed by atoms with Gasteiger partial charge in [0.1, 0.15) is 11.7 Å². The molecule has 0 bridgehead atoms. The number of nitrogens with zero attached hydrogens (tertiary/aromatic N) is 3. The van der Waals surface area contributed by atoms with Crippen LogP contribution >= 0.6 is 23.1 Å². The lowest BCUT2D eigenvalue weighted by Crippen LogP contribution is -2.73. The summed E-state index contributed by atoms with van der Waals surface area (Å²) in [7, 11) is -4.95. The van der Waals surface area contributed by atoms with E-state index in [0.29, 0.717) is 11.8 Å². The molecule has 1 aromatic heterocycles. The predicted molar refractivity (Wildman–Crippen MR) is 103 cm³/mol. The molecule has 1 aliphatic heterocycles. The van der Waals surface area contributed by atoms with Crippen LogP contribution in [0.5, 0.6) is 0 Å². The number of nitrogens with two attached hydrogens (primary N) is 2. The van der Waals surface area contributed by atoms with Crippen LogP contribution in [0.2, 0.25) is 0 Å². The van der Waals surface area contributed by atoms with Crippen LogP contribution in [0.15, 0.2) is 10.5 Å². The number of hydrogen-bond acceptors (Lipinski definition) is 12. The molecule has 164 valence electrons. The maximum absolute atomic E-state index is 12.6. The van der Waals surface area contributed by atoms with Gasteiger partial charge in [-0.05, 0) is 0 Å². The Labute approximate surface area is 176 Å². The van der Waals surface area contributed by atoms with Crippen LogP contribution in [0.3, 0.4) is 0 Å². The Morgan fingerprint density at radius 1 is 1.43 bits per heavy atom. The zero-order chi connectivity index (χ0) is 22.6. The van der Waals surface area contributed by atoms with Gasteiger partial charge in [0.2, 0.25) is 6.61 Å². The maximum Gasteiger partial charge on any atom is 0.362 e. The fraction of sp³-hybridized carbons (Fsp3) is 0.333. The number of thiazole rings is 1. The summed E-state index contributed by atoms with van der Waals surface area (Å²) in [5.74, 6) is -3.98. The average molecular weight is 482 g/mol. The molecule has 1 saturated heterocycles. The van der Waals surface area contributed by atoms with Crippen LogP contribution in [0.4, 0.5) is 9.93 Å². The minimum absolute atomic E-state index is 0.0525. The van der Waals surface area contributed by atoms with Gasteiger partial charge in [-0.15, -0.1) is 11.3 Å². The molecule has 3 amide bonds. The summed E-state index contributed by atoms with van der Waals surface area (Å²) in [6.07, 6.45) is 0. The Bertz CT molecular complexity index is 1010. The Balaban J connectivity index is 2.24. The summed E-state index contributed by atoms with van der Waals surface area (Å²) in [5, 5.41) is 14.7. The van der Waals surface area contributed by atoms with E-state index in [-0.39, 0.29) is 20.9 Å². The minimum atomic E-state index is -4.95. The van der Waals surface area contributed by atoms with Crippen LogP contribution in [0, 0.1) is 0 Å². The zero-order valence-corrected chi connectivity index (χ0v) is 17.1. The normalized spacial score (nSPS) is 19.2. The lowest BCUT2D eigenvalue weighted by atomic mass is 10.0. The molecular formula is C12H14N6O9S3. The first-order chi connectivity index (χ1) is 13.9. The van der Waals surface area contributed by atoms with E-state index in [4.69, 9.17) is 16.6 Å². The molecule has 0 spiro atoms. The van der Waals surface area contributed by atoms with Crippen LogP contribution in [-0.2, 0) is 29.5 Å². The molecule has 0 aromatic carbocycles. The number of oxime groups is 1. The molecule has 15 nitrogen and oxygen atoms in total. The van der Waals surface area contributed by atoms with Gasteiger partial charge in [-0.3, -0.25) is 18.9 Å². The third kappa shape index (κ3) is 5.55.